The zero-order valence-corrected chi connectivity index (χ0v) is 17.5. The van der Waals surface area contributed by atoms with Crippen LogP contribution in [0, 0.1) is 5.82 Å². The van der Waals surface area contributed by atoms with E-state index in [9.17, 15) is 31.1 Å². The van der Waals surface area contributed by atoms with Crippen molar-refractivity contribution in [2.24, 2.45) is 0 Å². The van der Waals surface area contributed by atoms with E-state index in [2.05, 4.69) is 10.4 Å². The summed E-state index contributed by atoms with van der Waals surface area (Å²) in [5.41, 5.74) is -0.774. The predicted octanol–water partition coefficient (Wildman–Crippen LogP) is 2.79. The number of nitrogens with zero attached hydrogens (tertiary/aromatic N) is 1. The summed E-state index contributed by atoms with van der Waals surface area (Å²) in [6.07, 6.45) is -4.69. The van der Waals surface area contributed by atoms with Crippen LogP contribution in [-0.4, -0.2) is 49.7 Å². The Morgan fingerprint density at radius 1 is 1.22 bits per heavy atom. The molecule has 32 heavy (non-hydrogen) atoms. The third-order valence-electron chi connectivity index (χ3n) is 4.37. The van der Waals surface area contributed by atoms with E-state index in [4.69, 9.17) is 4.74 Å². The smallest absolute Gasteiger partial charge is 0.433 e. The normalized spacial score (nSPS) is 13.3. The summed E-state index contributed by atoms with van der Waals surface area (Å²) in [5, 5.41) is 18.7. The summed E-state index contributed by atoms with van der Waals surface area (Å²) in [6.45, 7) is 0.513. The maximum absolute atomic E-state index is 13.7. The fourth-order valence-corrected chi connectivity index (χ4v) is 3.48. The van der Waals surface area contributed by atoms with Crippen LogP contribution in [0.25, 0.3) is 10.9 Å². The summed E-state index contributed by atoms with van der Waals surface area (Å²) >= 11 is 0. The number of aliphatic hydroxyl groups excluding tert-OH is 1. The molecule has 1 heterocycles. The van der Waals surface area contributed by atoms with Crippen LogP contribution in [0.1, 0.15) is 17.4 Å². The van der Waals surface area contributed by atoms with E-state index in [1.54, 1.807) is 0 Å². The molecule has 0 fully saturated rings. The Bertz CT molecular complexity index is 1200. The van der Waals surface area contributed by atoms with Gasteiger partial charge in [-0.2, -0.15) is 18.3 Å². The number of aliphatic hydroxyl groups is 1. The zero-order chi connectivity index (χ0) is 23.5. The minimum Gasteiger partial charge on any atom is -0.492 e. The van der Waals surface area contributed by atoms with Gasteiger partial charge < -0.3 is 15.2 Å². The first kappa shape index (κ1) is 23.8. The Balaban J connectivity index is 1.50. The Morgan fingerprint density at radius 2 is 1.97 bits per heavy atom. The molecule has 0 saturated carbocycles. The highest BCUT2D eigenvalue weighted by atomic mass is 32.2. The highest BCUT2D eigenvalue weighted by molar-refractivity contribution is 7.92. The van der Waals surface area contributed by atoms with Gasteiger partial charge in [0.15, 0.2) is 0 Å². The van der Waals surface area contributed by atoms with Gasteiger partial charge in [0.1, 0.15) is 23.9 Å². The topological polar surface area (TPSA) is 116 Å². The maximum atomic E-state index is 13.7. The van der Waals surface area contributed by atoms with Gasteiger partial charge in [0, 0.05) is 24.5 Å². The minimum absolute atomic E-state index is 0.0601. The Hall–Kier alpha value is -2.90. The van der Waals surface area contributed by atoms with Gasteiger partial charge in [-0.15, -0.1) is 0 Å². The second-order valence-corrected chi connectivity index (χ2v) is 8.71. The van der Waals surface area contributed by atoms with E-state index in [1.807, 2.05) is 9.82 Å². The average Bonchev–Trinajstić information content (AvgIpc) is 3.12. The molecule has 0 radical (unpaired) electrons. The lowest BCUT2D eigenvalue weighted by molar-refractivity contribution is -0.139. The van der Waals surface area contributed by atoms with Crippen LogP contribution in [0.15, 0.2) is 36.4 Å². The fourth-order valence-electron chi connectivity index (χ4n) is 2.92. The third-order valence-corrected chi connectivity index (χ3v) is 4.96. The summed E-state index contributed by atoms with van der Waals surface area (Å²) < 4.78 is 82.4. The molecule has 3 aromatic rings. The highest BCUT2D eigenvalue weighted by Crippen LogP contribution is 2.34. The van der Waals surface area contributed by atoms with E-state index in [0.717, 1.165) is 12.3 Å². The van der Waals surface area contributed by atoms with Crippen molar-refractivity contribution in [1.82, 2.24) is 15.5 Å². The number of nitrogens with one attached hydrogen (secondary N) is 3. The van der Waals surface area contributed by atoms with Crippen LogP contribution < -0.4 is 14.8 Å². The van der Waals surface area contributed by atoms with E-state index in [0.29, 0.717) is 17.9 Å². The molecular formula is C19H20F4N4O4S. The van der Waals surface area contributed by atoms with Gasteiger partial charge in [0.25, 0.3) is 0 Å². The van der Waals surface area contributed by atoms with Crippen molar-refractivity contribution in [2.45, 2.75) is 12.3 Å². The molecule has 0 bridgehead atoms. The van der Waals surface area contributed by atoms with E-state index in [-0.39, 0.29) is 29.7 Å². The first-order chi connectivity index (χ1) is 14.9. The molecule has 0 aliphatic carbocycles. The van der Waals surface area contributed by atoms with Crippen molar-refractivity contribution in [3.05, 3.63) is 53.5 Å². The van der Waals surface area contributed by atoms with Gasteiger partial charge in [0.05, 0.1) is 23.6 Å². The third kappa shape index (κ3) is 6.08. The van der Waals surface area contributed by atoms with E-state index >= 15 is 0 Å². The molecule has 2 aromatic carbocycles. The molecule has 4 N–H and O–H groups in total. The van der Waals surface area contributed by atoms with Gasteiger partial charge in [-0.05, 0) is 29.8 Å². The van der Waals surface area contributed by atoms with Crippen molar-refractivity contribution in [1.29, 1.82) is 0 Å². The maximum Gasteiger partial charge on any atom is 0.433 e. The Labute approximate surface area is 180 Å². The molecule has 1 aromatic heterocycles. The van der Waals surface area contributed by atoms with Crippen molar-refractivity contribution < 1.29 is 35.8 Å². The number of benzene rings is 2. The summed E-state index contributed by atoms with van der Waals surface area (Å²) in [4.78, 5) is 0. The van der Waals surface area contributed by atoms with Crippen molar-refractivity contribution in [3.8, 4) is 5.75 Å². The second-order valence-electron chi connectivity index (χ2n) is 6.96. The number of aromatic amines is 1. The molecule has 174 valence electrons. The second kappa shape index (κ2) is 9.30. The first-order valence-corrected chi connectivity index (χ1v) is 11.2. The first-order valence-electron chi connectivity index (χ1n) is 9.28. The standard InChI is InChI=1S/C19H20F4N4O4S/c1-32(29,30)27-16-8-11(2-5-14(16)20)17(28)10-24-6-7-31-12-3-4-13-15(9-12)25-26-18(13)19(21,22)23/h2-5,8-9,17,24,27-28H,6-7,10H2,1H3,(H,25,26). The molecular weight excluding hydrogens is 456 g/mol. The minimum atomic E-state index is -4.53. The lowest BCUT2D eigenvalue weighted by Crippen LogP contribution is -2.26. The number of hydrogen-bond donors (Lipinski definition) is 4. The molecule has 13 heteroatoms. The van der Waals surface area contributed by atoms with Crippen LogP contribution in [0.4, 0.5) is 23.2 Å². The Kier molecular flexibility index (Phi) is 6.91. The SMILES string of the molecule is CS(=O)(=O)Nc1cc(C(O)CNCCOc2ccc3c(C(F)(F)F)[nH]nc3c2)ccc1F. The number of hydrogen-bond acceptors (Lipinski definition) is 6. The average molecular weight is 476 g/mol. The molecule has 8 nitrogen and oxygen atoms in total. The Morgan fingerprint density at radius 3 is 2.66 bits per heavy atom. The van der Waals surface area contributed by atoms with E-state index in [1.165, 1.54) is 30.3 Å². The molecule has 1 unspecified atom stereocenters. The number of H-pyrrole nitrogens is 1. The summed E-state index contributed by atoms with van der Waals surface area (Å²) in [6, 6.07) is 7.63. The molecule has 3 rings (SSSR count). The van der Waals surface area contributed by atoms with Crippen molar-refractivity contribution >= 4 is 26.6 Å². The number of anilines is 1. The van der Waals surface area contributed by atoms with E-state index < -0.39 is 33.8 Å². The van der Waals surface area contributed by atoms with Crippen LogP contribution in [-0.2, 0) is 16.2 Å². The van der Waals surface area contributed by atoms with Crippen LogP contribution in [0.3, 0.4) is 0 Å². The van der Waals surface area contributed by atoms with Crippen molar-refractivity contribution in [2.75, 3.05) is 30.7 Å². The summed E-state index contributed by atoms with van der Waals surface area (Å²) in [5.74, 6) is -0.445. The summed E-state index contributed by atoms with van der Waals surface area (Å²) in [7, 11) is -3.68. The zero-order valence-electron chi connectivity index (χ0n) is 16.7. The number of halogens is 4. The van der Waals surface area contributed by atoms with Gasteiger partial charge in [-0.1, -0.05) is 6.07 Å². The van der Waals surface area contributed by atoms with Crippen LogP contribution >= 0.6 is 0 Å². The molecule has 0 saturated heterocycles. The number of ether oxygens (including phenoxy) is 1. The van der Waals surface area contributed by atoms with Gasteiger partial charge in [-0.3, -0.25) is 9.82 Å². The lowest BCUT2D eigenvalue weighted by atomic mass is 10.1. The predicted molar refractivity (Wildman–Crippen MR) is 109 cm³/mol. The molecule has 0 aliphatic heterocycles. The fraction of sp³-hybridized carbons (Fsp3) is 0.316. The number of sulfonamides is 1. The van der Waals surface area contributed by atoms with Crippen molar-refractivity contribution in [3.63, 3.8) is 0 Å². The monoisotopic (exact) mass is 476 g/mol. The molecule has 0 spiro atoms. The number of rotatable bonds is 9. The number of fused-ring (bicyclic) bond motifs is 1. The molecule has 0 amide bonds. The lowest BCUT2D eigenvalue weighted by Gasteiger charge is -2.14. The van der Waals surface area contributed by atoms with Gasteiger partial charge in [0.2, 0.25) is 10.0 Å². The quantitative estimate of drug-likeness (QED) is 0.279. The van der Waals surface area contributed by atoms with Gasteiger partial charge >= 0.3 is 6.18 Å². The molecule has 1 atom stereocenters. The number of alkyl halides is 3. The number of aromatic nitrogens is 2. The van der Waals surface area contributed by atoms with Gasteiger partial charge in [-0.25, -0.2) is 12.8 Å². The highest BCUT2D eigenvalue weighted by Gasteiger charge is 2.35. The van der Waals surface area contributed by atoms with Crippen LogP contribution in [0.2, 0.25) is 0 Å². The molecule has 0 aliphatic rings. The largest absolute Gasteiger partial charge is 0.492 e. The van der Waals surface area contributed by atoms with Crippen LogP contribution in [0.5, 0.6) is 5.75 Å².